The second-order valence-corrected chi connectivity index (χ2v) is 3.19. The average molecular weight is 182 g/mol. The molecule has 1 aliphatic carbocycles. The molecule has 4 nitrogen and oxygen atoms in total. The van der Waals surface area contributed by atoms with E-state index in [2.05, 4.69) is 5.43 Å². The van der Waals surface area contributed by atoms with Crippen LogP contribution in [0.15, 0.2) is 23.8 Å². The maximum absolute atomic E-state index is 10.9. The van der Waals surface area contributed by atoms with E-state index in [0.717, 1.165) is 5.57 Å². The molecular formula is C9H14N2O2. The Hall–Kier alpha value is -1.13. The van der Waals surface area contributed by atoms with Gasteiger partial charge in [0.25, 0.3) is 0 Å². The van der Waals surface area contributed by atoms with Crippen molar-refractivity contribution < 1.29 is 9.90 Å². The van der Waals surface area contributed by atoms with E-state index in [1.807, 2.05) is 13.0 Å². The van der Waals surface area contributed by atoms with E-state index in [0.29, 0.717) is 0 Å². The molecule has 0 saturated carbocycles. The van der Waals surface area contributed by atoms with Gasteiger partial charge in [0, 0.05) is 5.92 Å². The van der Waals surface area contributed by atoms with Crippen LogP contribution < -0.4 is 11.3 Å². The third kappa shape index (κ3) is 2.68. The van der Waals surface area contributed by atoms with Crippen LogP contribution in [0.5, 0.6) is 0 Å². The van der Waals surface area contributed by atoms with Crippen molar-refractivity contribution in [2.75, 3.05) is 0 Å². The average Bonchev–Trinajstić information content (AvgIpc) is 2.11. The lowest BCUT2D eigenvalue weighted by atomic mass is 9.94. The van der Waals surface area contributed by atoms with Crippen LogP contribution >= 0.6 is 0 Å². The van der Waals surface area contributed by atoms with Gasteiger partial charge in [-0.15, -0.1) is 0 Å². The third-order valence-electron chi connectivity index (χ3n) is 2.05. The number of aliphatic hydroxyl groups is 1. The van der Waals surface area contributed by atoms with E-state index in [9.17, 15) is 9.90 Å². The summed E-state index contributed by atoms with van der Waals surface area (Å²) in [5, 5.41) is 9.33. The van der Waals surface area contributed by atoms with Crippen molar-refractivity contribution in [3.63, 3.8) is 0 Å². The topological polar surface area (TPSA) is 75.4 Å². The number of hydrogen-bond donors (Lipinski definition) is 3. The smallest absolute Gasteiger partial charge is 0.238 e. The highest BCUT2D eigenvalue weighted by molar-refractivity contribution is 5.78. The van der Waals surface area contributed by atoms with Crippen molar-refractivity contribution in [1.82, 2.24) is 5.43 Å². The fourth-order valence-corrected chi connectivity index (χ4v) is 1.24. The summed E-state index contributed by atoms with van der Waals surface area (Å²) >= 11 is 0. The number of carbonyl (C=O) groups is 1. The molecule has 0 aromatic carbocycles. The Morgan fingerprint density at radius 1 is 1.77 bits per heavy atom. The number of hydrazine groups is 1. The third-order valence-corrected chi connectivity index (χ3v) is 2.05. The first-order valence-corrected chi connectivity index (χ1v) is 4.20. The van der Waals surface area contributed by atoms with Gasteiger partial charge < -0.3 is 5.11 Å². The fourth-order valence-electron chi connectivity index (χ4n) is 1.24. The van der Waals surface area contributed by atoms with E-state index in [4.69, 9.17) is 5.84 Å². The number of rotatable bonds is 2. The Labute approximate surface area is 77.1 Å². The molecular weight excluding hydrogens is 168 g/mol. The van der Waals surface area contributed by atoms with Crippen LogP contribution in [0.25, 0.3) is 0 Å². The number of allylic oxidation sites excluding steroid dienone is 1. The number of amides is 1. The molecule has 2 atom stereocenters. The Kier molecular flexibility index (Phi) is 3.22. The molecule has 0 saturated heterocycles. The minimum atomic E-state index is -0.440. The second-order valence-electron chi connectivity index (χ2n) is 3.19. The summed E-state index contributed by atoms with van der Waals surface area (Å²) in [5.41, 5.74) is 2.95. The lowest BCUT2D eigenvalue weighted by Crippen LogP contribution is -2.30. The highest BCUT2D eigenvalue weighted by atomic mass is 16.3. The van der Waals surface area contributed by atoms with Crippen molar-refractivity contribution in [3.8, 4) is 0 Å². The van der Waals surface area contributed by atoms with Gasteiger partial charge in [0.05, 0.1) is 12.5 Å². The number of hydrogen-bond acceptors (Lipinski definition) is 3. The Morgan fingerprint density at radius 2 is 2.46 bits per heavy atom. The highest BCUT2D eigenvalue weighted by Gasteiger charge is 2.14. The molecule has 0 heterocycles. The molecule has 2 unspecified atom stereocenters. The summed E-state index contributed by atoms with van der Waals surface area (Å²) in [4.78, 5) is 10.9. The van der Waals surface area contributed by atoms with Crippen LogP contribution in [0.3, 0.4) is 0 Å². The van der Waals surface area contributed by atoms with Gasteiger partial charge in [-0.05, 0) is 5.57 Å². The van der Waals surface area contributed by atoms with Gasteiger partial charge in [0.2, 0.25) is 5.91 Å². The fraction of sp³-hybridized carbons (Fsp3) is 0.444. The molecule has 0 radical (unpaired) electrons. The minimum Gasteiger partial charge on any atom is -0.388 e. The Bertz CT molecular complexity index is 258. The SMILES string of the molecule is CC1C=C(CC(=O)NN)C=CC1O. The van der Waals surface area contributed by atoms with Gasteiger partial charge in [0.1, 0.15) is 0 Å². The van der Waals surface area contributed by atoms with Gasteiger partial charge in [-0.2, -0.15) is 0 Å². The van der Waals surface area contributed by atoms with E-state index in [1.165, 1.54) is 0 Å². The molecule has 1 rings (SSSR count). The van der Waals surface area contributed by atoms with Crippen molar-refractivity contribution >= 4 is 5.91 Å². The summed E-state index contributed by atoms with van der Waals surface area (Å²) in [5.74, 6) is 4.79. The summed E-state index contributed by atoms with van der Waals surface area (Å²) in [6.45, 7) is 1.90. The van der Waals surface area contributed by atoms with Gasteiger partial charge in [-0.25, -0.2) is 5.84 Å². The van der Waals surface area contributed by atoms with Crippen molar-refractivity contribution in [1.29, 1.82) is 0 Å². The zero-order valence-corrected chi connectivity index (χ0v) is 7.53. The summed E-state index contributed by atoms with van der Waals surface area (Å²) in [6.07, 6.45) is 5.14. The largest absolute Gasteiger partial charge is 0.388 e. The lowest BCUT2D eigenvalue weighted by molar-refractivity contribution is -0.120. The van der Waals surface area contributed by atoms with Crippen LogP contribution in [0.4, 0.5) is 0 Å². The molecule has 4 heteroatoms. The maximum Gasteiger partial charge on any atom is 0.238 e. The summed E-state index contributed by atoms with van der Waals surface area (Å²) < 4.78 is 0. The predicted molar refractivity (Wildman–Crippen MR) is 49.3 cm³/mol. The molecule has 72 valence electrons. The van der Waals surface area contributed by atoms with Crippen LogP contribution in [0.2, 0.25) is 0 Å². The lowest BCUT2D eigenvalue weighted by Gasteiger charge is -2.17. The minimum absolute atomic E-state index is 0.0607. The molecule has 0 aromatic heterocycles. The van der Waals surface area contributed by atoms with E-state index in [-0.39, 0.29) is 18.2 Å². The van der Waals surface area contributed by atoms with Crippen LogP contribution in [0, 0.1) is 5.92 Å². The zero-order chi connectivity index (χ0) is 9.84. The van der Waals surface area contributed by atoms with Crippen molar-refractivity contribution in [2.24, 2.45) is 11.8 Å². The van der Waals surface area contributed by atoms with E-state index < -0.39 is 6.10 Å². The van der Waals surface area contributed by atoms with Crippen LogP contribution in [0.1, 0.15) is 13.3 Å². The monoisotopic (exact) mass is 182 g/mol. The normalized spacial score (nSPS) is 26.8. The first kappa shape index (κ1) is 9.95. The van der Waals surface area contributed by atoms with Gasteiger partial charge in [-0.1, -0.05) is 25.2 Å². The second kappa shape index (κ2) is 4.20. The molecule has 13 heavy (non-hydrogen) atoms. The molecule has 1 amide bonds. The first-order valence-electron chi connectivity index (χ1n) is 4.20. The number of nitrogens with one attached hydrogen (secondary N) is 1. The molecule has 0 fully saturated rings. The maximum atomic E-state index is 10.9. The Balaban J connectivity index is 2.58. The molecule has 0 bridgehead atoms. The standard InChI is InChI=1S/C9H14N2O2/c1-6-4-7(2-3-8(6)12)5-9(13)11-10/h2-4,6,8,12H,5,10H2,1H3,(H,11,13). The molecule has 4 N–H and O–H groups in total. The molecule has 0 aliphatic heterocycles. The molecule has 0 spiro atoms. The molecule has 1 aliphatic rings. The quantitative estimate of drug-likeness (QED) is 0.316. The number of carbonyl (C=O) groups excluding carboxylic acids is 1. The predicted octanol–water partition coefficient (Wildman–Crippen LogP) is -0.140. The highest BCUT2D eigenvalue weighted by Crippen LogP contribution is 2.18. The van der Waals surface area contributed by atoms with E-state index >= 15 is 0 Å². The van der Waals surface area contributed by atoms with Crippen LogP contribution in [-0.2, 0) is 4.79 Å². The zero-order valence-electron chi connectivity index (χ0n) is 7.53. The molecule has 0 aromatic rings. The summed E-state index contributed by atoms with van der Waals surface area (Å²) in [7, 11) is 0. The van der Waals surface area contributed by atoms with Crippen molar-refractivity contribution in [3.05, 3.63) is 23.8 Å². The summed E-state index contributed by atoms with van der Waals surface area (Å²) in [6, 6.07) is 0. The van der Waals surface area contributed by atoms with E-state index in [1.54, 1.807) is 12.2 Å². The van der Waals surface area contributed by atoms with Gasteiger partial charge in [0.15, 0.2) is 0 Å². The number of nitrogens with two attached hydrogens (primary N) is 1. The van der Waals surface area contributed by atoms with Crippen molar-refractivity contribution in [2.45, 2.75) is 19.4 Å². The van der Waals surface area contributed by atoms with Crippen LogP contribution in [-0.4, -0.2) is 17.1 Å². The van der Waals surface area contributed by atoms with Gasteiger partial charge >= 0.3 is 0 Å². The Morgan fingerprint density at radius 3 is 3.00 bits per heavy atom. The number of aliphatic hydroxyl groups excluding tert-OH is 1. The van der Waals surface area contributed by atoms with Gasteiger partial charge in [-0.3, -0.25) is 10.2 Å². The first-order chi connectivity index (χ1) is 6.13.